The van der Waals surface area contributed by atoms with Gasteiger partial charge in [0.05, 0.1) is 11.0 Å². The maximum atomic E-state index is 12.6. The van der Waals surface area contributed by atoms with Crippen molar-refractivity contribution in [3.05, 3.63) is 65.7 Å². The number of aliphatic hydroxyl groups excluding tert-OH is 1. The van der Waals surface area contributed by atoms with E-state index in [1.54, 1.807) is 24.3 Å². The fourth-order valence-electron chi connectivity index (χ4n) is 2.46. The second-order valence-corrected chi connectivity index (χ2v) is 6.74. The van der Waals surface area contributed by atoms with Crippen LogP contribution in [0.4, 0.5) is 0 Å². The molecule has 0 radical (unpaired) electrons. The summed E-state index contributed by atoms with van der Waals surface area (Å²) in [4.78, 5) is 0.203. The molecule has 0 saturated carbocycles. The fourth-order valence-corrected chi connectivity index (χ4v) is 4.14. The summed E-state index contributed by atoms with van der Waals surface area (Å²) in [5.74, 6) is 0. The lowest BCUT2D eigenvalue weighted by Gasteiger charge is -2.31. The Morgan fingerprint density at radius 3 is 2.45 bits per heavy atom. The van der Waals surface area contributed by atoms with Gasteiger partial charge in [0.1, 0.15) is 0 Å². The molecule has 1 aliphatic heterocycles. The van der Waals surface area contributed by atoms with Crippen LogP contribution in [0.3, 0.4) is 0 Å². The molecule has 2 aromatic rings. The van der Waals surface area contributed by atoms with E-state index < -0.39 is 16.1 Å². The van der Waals surface area contributed by atoms with Gasteiger partial charge in [0.25, 0.3) is 0 Å². The van der Waals surface area contributed by atoms with Crippen molar-refractivity contribution in [3.63, 3.8) is 0 Å². The number of sulfonamides is 1. The van der Waals surface area contributed by atoms with Crippen LogP contribution < -0.4 is 0 Å². The largest absolute Gasteiger partial charge is 0.387 e. The van der Waals surface area contributed by atoms with Gasteiger partial charge in [-0.1, -0.05) is 48.5 Å². The van der Waals surface area contributed by atoms with Gasteiger partial charge >= 0.3 is 0 Å². The molecule has 0 unspecified atom stereocenters. The Morgan fingerprint density at radius 1 is 1.05 bits per heavy atom. The summed E-state index contributed by atoms with van der Waals surface area (Å²) in [7, 11) is -3.54. The summed E-state index contributed by atoms with van der Waals surface area (Å²) in [6.07, 6.45) is -0.779. The molecule has 0 fully saturated rings. The van der Waals surface area contributed by atoms with Gasteiger partial charge < -0.3 is 5.11 Å². The van der Waals surface area contributed by atoms with Crippen LogP contribution >= 0.6 is 0 Å². The van der Waals surface area contributed by atoms with E-state index >= 15 is 0 Å². The van der Waals surface area contributed by atoms with Crippen LogP contribution in [-0.4, -0.2) is 24.4 Å². The van der Waals surface area contributed by atoms with Crippen molar-refractivity contribution in [2.45, 2.75) is 17.5 Å². The number of hydrogen-bond donors (Lipinski definition) is 1. The Bertz CT molecular complexity index is 713. The minimum absolute atomic E-state index is 0.0915. The van der Waals surface area contributed by atoms with Gasteiger partial charge in [0, 0.05) is 18.7 Å². The minimum Gasteiger partial charge on any atom is -0.387 e. The molecule has 1 atom stereocenters. The first kappa shape index (κ1) is 13.3. The second kappa shape index (κ2) is 5.01. The van der Waals surface area contributed by atoms with E-state index in [2.05, 4.69) is 0 Å². The molecule has 0 bridgehead atoms. The molecule has 0 aromatic heterocycles. The summed E-state index contributed by atoms with van der Waals surface area (Å²) in [6, 6.07) is 16.0. The van der Waals surface area contributed by atoms with E-state index in [1.165, 1.54) is 4.31 Å². The lowest BCUT2D eigenvalue weighted by Crippen LogP contribution is -2.39. The topological polar surface area (TPSA) is 57.6 Å². The van der Waals surface area contributed by atoms with Gasteiger partial charge in [-0.25, -0.2) is 8.42 Å². The van der Waals surface area contributed by atoms with Gasteiger partial charge in [-0.15, -0.1) is 0 Å². The van der Waals surface area contributed by atoms with E-state index in [-0.39, 0.29) is 18.0 Å². The normalized spacial score (nSPS) is 21.4. The highest BCUT2D eigenvalue weighted by Crippen LogP contribution is 2.32. The van der Waals surface area contributed by atoms with Gasteiger partial charge in [0.15, 0.2) is 0 Å². The predicted molar refractivity (Wildman–Crippen MR) is 75.4 cm³/mol. The number of nitrogens with zero attached hydrogens (tertiary/aromatic N) is 1. The number of aliphatic hydroxyl groups is 1. The summed E-state index contributed by atoms with van der Waals surface area (Å²) in [5, 5.41) is 10.1. The zero-order chi connectivity index (χ0) is 14.2. The van der Waals surface area contributed by atoms with E-state index in [4.69, 9.17) is 0 Å². The van der Waals surface area contributed by atoms with E-state index in [1.807, 2.05) is 30.3 Å². The van der Waals surface area contributed by atoms with Gasteiger partial charge in [-0.2, -0.15) is 4.31 Å². The van der Waals surface area contributed by atoms with E-state index in [0.717, 1.165) is 5.56 Å². The zero-order valence-electron chi connectivity index (χ0n) is 10.8. The molecule has 0 saturated heterocycles. The van der Waals surface area contributed by atoms with Gasteiger partial charge in [-0.3, -0.25) is 0 Å². The van der Waals surface area contributed by atoms with Crippen molar-refractivity contribution >= 4 is 10.0 Å². The molecule has 20 heavy (non-hydrogen) atoms. The zero-order valence-corrected chi connectivity index (χ0v) is 11.6. The van der Waals surface area contributed by atoms with Crippen molar-refractivity contribution in [2.24, 2.45) is 0 Å². The Hall–Kier alpha value is -1.69. The van der Waals surface area contributed by atoms with E-state index in [9.17, 15) is 13.5 Å². The molecule has 3 rings (SSSR count). The molecular weight excluding hydrogens is 274 g/mol. The molecule has 0 aliphatic carbocycles. The predicted octanol–water partition coefficient (Wildman–Crippen LogP) is 1.92. The second-order valence-electron chi connectivity index (χ2n) is 4.84. The third-order valence-corrected chi connectivity index (χ3v) is 5.36. The third-order valence-electron chi connectivity index (χ3n) is 3.47. The highest BCUT2D eigenvalue weighted by Gasteiger charge is 2.35. The average molecular weight is 289 g/mol. The molecule has 1 aliphatic rings. The van der Waals surface area contributed by atoms with Crippen LogP contribution in [0.2, 0.25) is 0 Å². The quantitative estimate of drug-likeness (QED) is 0.919. The Balaban J connectivity index is 1.99. The molecule has 1 heterocycles. The van der Waals surface area contributed by atoms with Crippen molar-refractivity contribution < 1.29 is 13.5 Å². The maximum absolute atomic E-state index is 12.6. The monoisotopic (exact) mass is 289 g/mol. The molecule has 2 aromatic carbocycles. The molecule has 104 valence electrons. The Kier molecular flexibility index (Phi) is 3.33. The summed E-state index contributed by atoms with van der Waals surface area (Å²) in [6.45, 7) is 0.364. The SMILES string of the molecule is O=S1(=O)c2ccccc2[C@@H](O)CN1Cc1ccccc1. The number of rotatable bonds is 2. The first-order valence-corrected chi connectivity index (χ1v) is 7.84. The standard InChI is InChI=1S/C15H15NO3S/c17-14-11-16(10-12-6-2-1-3-7-12)20(18,19)15-9-5-4-8-13(14)15/h1-9,14,17H,10-11H2/t14-/m0/s1. The van der Waals surface area contributed by atoms with Crippen LogP contribution in [0.15, 0.2) is 59.5 Å². The summed E-state index contributed by atoms with van der Waals surface area (Å²) in [5.41, 5.74) is 1.39. The van der Waals surface area contributed by atoms with Crippen LogP contribution in [-0.2, 0) is 16.6 Å². The lowest BCUT2D eigenvalue weighted by molar-refractivity contribution is 0.136. The first-order chi connectivity index (χ1) is 9.59. The summed E-state index contributed by atoms with van der Waals surface area (Å²) < 4.78 is 26.5. The molecular formula is C15H15NO3S. The van der Waals surface area contributed by atoms with Crippen LogP contribution in [0.25, 0.3) is 0 Å². The summed E-state index contributed by atoms with van der Waals surface area (Å²) >= 11 is 0. The number of fused-ring (bicyclic) bond motifs is 1. The van der Waals surface area contributed by atoms with Crippen molar-refractivity contribution in [1.82, 2.24) is 4.31 Å². The molecule has 5 heteroatoms. The van der Waals surface area contributed by atoms with Crippen molar-refractivity contribution in [1.29, 1.82) is 0 Å². The van der Waals surface area contributed by atoms with Gasteiger partial charge in [-0.05, 0) is 11.6 Å². The number of hydrogen-bond acceptors (Lipinski definition) is 3. The Labute approximate surface area is 118 Å². The minimum atomic E-state index is -3.54. The van der Waals surface area contributed by atoms with Gasteiger partial charge in [0.2, 0.25) is 10.0 Å². The highest BCUT2D eigenvalue weighted by molar-refractivity contribution is 7.89. The van der Waals surface area contributed by atoms with Crippen molar-refractivity contribution in [3.8, 4) is 0 Å². The first-order valence-electron chi connectivity index (χ1n) is 6.40. The van der Waals surface area contributed by atoms with Crippen LogP contribution in [0.1, 0.15) is 17.2 Å². The third kappa shape index (κ3) is 2.24. The molecule has 0 amide bonds. The molecule has 1 N–H and O–H groups in total. The lowest BCUT2D eigenvalue weighted by atomic mass is 10.1. The van der Waals surface area contributed by atoms with Crippen molar-refractivity contribution in [2.75, 3.05) is 6.54 Å². The average Bonchev–Trinajstić information content (AvgIpc) is 2.46. The molecule has 4 nitrogen and oxygen atoms in total. The Morgan fingerprint density at radius 2 is 1.70 bits per heavy atom. The fraction of sp³-hybridized carbons (Fsp3) is 0.200. The van der Waals surface area contributed by atoms with E-state index in [0.29, 0.717) is 5.56 Å². The smallest absolute Gasteiger partial charge is 0.243 e. The number of β-amino-alcohol motifs (C(OH)–C–C–N with tert-alkyl or cyclic N) is 1. The van der Waals surface area contributed by atoms with Crippen LogP contribution in [0, 0.1) is 0 Å². The van der Waals surface area contributed by atoms with Crippen LogP contribution in [0.5, 0.6) is 0 Å². The molecule has 0 spiro atoms. The number of benzene rings is 2. The maximum Gasteiger partial charge on any atom is 0.243 e. The highest BCUT2D eigenvalue weighted by atomic mass is 32.2.